The van der Waals surface area contributed by atoms with Crippen LogP contribution in [0.4, 0.5) is 5.69 Å². The van der Waals surface area contributed by atoms with Gasteiger partial charge in [-0.25, -0.2) is 0 Å². The van der Waals surface area contributed by atoms with Crippen LogP contribution in [0.3, 0.4) is 0 Å². The van der Waals surface area contributed by atoms with Gasteiger partial charge in [0.1, 0.15) is 5.75 Å². The van der Waals surface area contributed by atoms with Crippen LogP contribution in [0.25, 0.3) is 0 Å². The van der Waals surface area contributed by atoms with Crippen molar-refractivity contribution in [3.05, 3.63) is 59.2 Å². The van der Waals surface area contributed by atoms with E-state index in [9.17, 15) is 9.59 Å². The quantitative estimate of drug-likeness (QED) is 0.555. The van der Waals surface area contributed by atoms with Crippen LogP contribution in [-0.4, -0.2) is 24.6 Å². The Kier molecular flexibility index (Phi) is 7.41. The molecule has 1 N–H and O–H groups in total. The minimum Gasteiger partial charge on any atom is -0.494 e. The summed E-state index contributed by atoms with van der Waals surface area (Å²) in [5.74, 6) is 0.0213. The van der Waals surface area contributed by atoms with Gasteiger partial charge in [0.25, 0.3) is 5.91 Å². The molecule has 0 aliphatic heterocycles. The lowest BCUT2D eigenvalue weighted by Crippen LogP contribution is -2.30. The first-order valence-electron chi connectivity index (χ1n) is 9.13. The maximum atomic E-state index is 12.3. The zero-order chi connectivity index (χ0) is 19.8. The van der Waals surface area contributed by atoms with Gasteiger partial charge < -0.3 is 14.8 Å². The van der Waals surface area contributed by atoms with Crippen molar-refractivity contribution in [3.63, 3.8) is 0 Å². The summed E-state index contributed by atoms with van der Waals surface area (Å²) >= 11 is 0. The van der Waals surface area contributed by atoms with Crippen LogP contribution in [-0.2, 0) is 14.3 Å². The van der Waals surface area contributed by atoms with E-state index in [2.05, 4.69) is 5.32 Å². The number of nitrogens with one attached hydrogen (secondary N) is 1. The fraction of sp³-hybridized carbons (Fsp3) is 0.364. The largest absolute Gasteiger partial charge is 0.494 e. The average Bonchev–Trinajstić information content (AvgIpc) is 2.62. The summed E-state index contributed by atoms with van der Waals surface area (Å²) in [6.07, 6.45) is -0.127. The Hall–Kier alpha value is -2.82. The highest BCUT2D eigenvalue weighted by molar-refractivity contribution is 5.96. The molecule has 2 aromatic carbocycles. The number of rotatable bonds is 8. The third-order valence-corrected chi connectivity index (χ3v) is 4.14. The van der Waals surface area contributed by atoms with Crippen molar-refractivity contribution in [2.75, 3.05) is 11.9 Å². The molecule has 2 aromatic rings. The van der Waals surface area contributed by atoms with E-state index < -0.39 is 12.1 Å². The first-order valence-corrected chi connectivity index (χ1v) is 9.13. The lowest BCUT2D eigenvalue weighted by atomic mass is 10.0. The maximum absolute atomic E-state index is 12.3. The number of hydrogen-bond acceptors (Lipinski definition) is 4. The summed E-state index contributed by atoms with van der Waals surface area (Å²) in [5.41, 5.74) is 3.87. The van der Waals surface area contributed by atoms with Crippen LogP contribution in [0, 0.1) is 20.8 Å². The van der Waals surface area contributed by atoms with Crippen molar-refractivity contribution < 1.29 is 19.1 Å². The highest BCUT2D eigenvalue weighted by atomic mass is 16.5. The van der Waals surface area contributed by atoms with Gasteiger partial charge in [-0.05, 0) is 57.4 Å². The van der Waals surface area contributed by atoms with Crippen LogP contribution in [0.5, 0.6) is 5.75 Å². The summed E-state index contributed by atoms with van der Waals surface area (Å²) in [5, 5.41) is 2.86. The first-order chi connectivity index (χ1) is 12.9. The smallest absolute Gasteiger partial charge is 0.306 e. The van der Waals surface area contributed by atoms with Crippen molar-refractivity contribution >= 4 is 17.6 Å². The molecule has 1 amide bonds. The topological polar surface area (TPSA) is 64.6 Å². The molecular formula is C22H27NO4. The molecule has 0 spiro atoms. The lowest BCUT2D eigenvalue weighted by Gasteiger charge is -2.17. The Balaban J connectivity index is 1.76. The van der Waals surface area contributed by atoms with Crippen molar-refractivity contribution in [1.82, 2.24) is 0 Å². The molecule has 0 bridgehead atoms. The number of benzene rings is 2. The Morgan fingerprint density at radius 2 is 1.67 bits per heavy atom. The molecule has 0 aliphatic rings. The molecule has 0 saturated heterocycles. The molecule has 1 atom stereocenters. The van der Waals surface area contributed by atoms with Gasteiger partial charge in [-0.1, -0.05) is 35.9 Å². The molecular weight excluding hydrogens is 342 g/mol. The van der Waals surface area contributed by atoms with Crippen molar-refractivity contribution in [2.24, 2.45) is 0 Å². The molecule has 2 rings (SSSR count). The molecule has 27 heavy (non-hydrogen) atoms. The minimum atomic E-state index is -0.854. The zero-order valence-corrected chi connectivity index (χ0v) is 16.4. The normalized spacial score (nSPS) is 11.6. The van der Waals surface area contributed by atoms with E-state index in [1.807, 2.05) is 63.2 Å². The fourth-order valence-electron chi connectivity index (χ4n) is 2.83. The first kappa shape index (κ1) is 20.5. The minimum absolute atomic E-state index is 0.201. The summed E-state index contributed by atoms with van der Waals surface area (Å²) in [6, 6.07) is 13.4. The van der Waals surface area contributed by atoms with Crippen LogP contribution < -0.4 is 10.1 Å². The van der Waals surface area contributed by atoms with E-state index in [-0.39, 0.29) is 12.3 Å². The van der Waals surface area contributed by atoms with Crippen molar-refractivity contribution in [3.8, 4) is 5.75 Å². The van der Waals surface area contributed by atoms with Crippen LogP contribution in [0.15, 0.2) is 42.5 Å². The molecule has 0 heterocycles. The molecule has 0 aliphatic carbocycles. The highest BCUT2D eigenvalue weighted by Crippen LogP contribution is 2.22. The number of para-hydroxylation sites is 1. The number of carbonyl (C=O) groups is 2. The second kappa shape index (κ2) is 9.76. The van der Waals surface area contributed by atoms with Gasteiger partial charge in [-0.3, -0.25) is 9.59 Å². The molecule has 5 nitrogen and oxygen atoms in total. The SMILES string of the molecule is Cc1cc(C)c(NC(=O)[C@H](C)OC(=O)CCCOc2ccccc2)c(C)c1. The Labute approximate surface area is 160 Å². The number of ether oxygens (including phenoxy) is 2. The maximum Gasteiger partial charge on any atom is 0.306 e. The van der Waals surface area contributed by atoms with Gasteiger partial charge in [0, 0.05) is 12.1 Å². The van der Waals surface area contributed by atoms with Gasteiger partial charge in [0.2, 0.25) is 0 Å². The average molecular weight is 369 g/mol. The van der Waals surface area contributed by atoms with E-state index >= 15 is 0 Å². The van der Waals surface area contributed by atoms with Crippen molar-refractivity contribution in [2.45, 2.75) is 46.6 Å². The number of esters is 1. The molecule has 0 unspecified atom stereocenters. The number of aryl methyl sites for hydroxylation is 3. The molecule has 0 aromatic heterocycles. The Bertz CT molecular complexity index is 763. The van der Waals surface area contributed by atoms with Crippen LogP contribution in [0.1, 0.15) is 36.5 Å². The standard InChI is InChI=1S/C22H27NO4/c1-15-13-16(2)21(17(3)14-15)23-22(25)18(4)27-20(24)11-8-12-26-19-9-6-5-7-10-19/h5-7,9-10,13-14,18H,8,11-12H2,1-4H3,(H,23,25)/t18-/m0/s1. The van der Waals surface area contributed by atoms with Gasteiger partial charge in [-0.2, -0.15) is 0 Å². The molecule has 5 heteroatoms. The fourth-order valence-corrected chi connectivity index (χ4v) is 2.83. The van der Waals surface area contributed by atoms with Crippen LogP contribution in [0.2, 0.25) is 0 Å². The molecule has 0 radical (unpaired) electrons. The third kappa shape index (κ3) is 6.44. The monoisotopic (exact) mass is 369 g/mol. The summed E-state index contributed by atoms with van der Waals surface area (Å²) < 4.78 is 10.8. The molecule has 0 saturated carbocycles. The molecule has 144 valence electrons. The third-order valence-electron chi connectivity index (χ3n) is 4.14. The van der Waals surface area contributed by atoms with E-state index in [0.29, 0.717) is 13.0 Å². The van der Waals surface area contributed by atoms with Gasteiger partial charge in [-0.15, -0.1) is 0 Å². The number of carbonyl (C=O) groups excluding carboxylic acids is 2. The predicted octanol–water partition coefficient (Wildman–Crippen LogP) is 4.34. The number of amides is 1. The Morgan fingerprint density at radius 3 is 2.30 bits per heavy atom. The number of anilines is 1. The summed E-state index contributed by atoms with van der Waals surface area (Å²) in [6.45, 7) is 7.89. The van der Waals surface area contributed by atoms with Crippen molar-refractivity contribution in [1.29, 1.82) is 0 Å². The molecule has 0 fully saturated rings. The summed E-state index contributed by atoms with van der Waals surface area (Å²) in [7, 11) is 0. The van der Waals surface area contributed by atoms with Gasteiger partial charge in [0.05, 0.1) is 6.61 Å². The van der Waals surface area contributed by atoms with E-state index in [1.54, 1.807) is 6.92 Å². The Morgan fingerprint density at radius 1 is 1.04 bits per heavy atom. The van der Waals surface area contributed by atoms with Crippen LogP contribution >= 0.6 is 0 Å². The zero-order valence-electron chi connectivity index (χ0n) is 16.4. The second-order valence-corrected chi connectivity index (χ2v) is 6.66. The highest BCUT2D eigenvalue weighted by Gasteiger charge is 2.19. The summed E-state index contributed by atoms with van der Waals surface area (Å²) in [4.78, 5) is 24.3. The second-order valence-electron chi connectivity index (χ2n) is 6.66. The predicted molar refractivity (Wildman–Crippen MR) is 106 cm³/mol. The lowest BCUT2D eigenvalue weighted by molar-refractivity contribution is -0.153. The van der Waals surface area contributed by atoms with Gasteiger partial charge in [0.15, 0.2) is 6.10 Å². The van der Waals surface area contributed by atoms with Gasteiger partial charge >= 0.3 is 5.97 Å². The van der Waals surface area contributed by atoms with E-state index in [0.717, 1.165) is 28.1 Å². The van der Waals surface area contributed by atoms with E-state index in [1.165, 1.54) is 0 Å². The van der Waals surface area contributed by atoms with E-state index in [4.69, 9.17) is 9.47 Å². The number of hydrogen-bond donors (Lipinski definition) is 1.